The molecule has 0 radical (unpaired) electrons. The summed E-state index contributed by atoms with van der Waals surface area (Å²) in [7, 11) is 1.34. The molecule has 2 rings (SSSR count). The van der Waals surface area contributed by atoms with Gasteiger partial charge in [-0.25, -0.2) is 4.79 Å². The number of allylic oxidation sites excluding steroid dienone is 2. The molecule has 1 aliphatic carbocycles. The van der Waals surface area contributed by atoms with E-state index in [0.29, 0.717) is 37.7 Å². The van der Waals surface area contributed by atoms with Gasteiger partial charge in [0.1, 0.15) is 5.60 Å². The van der Waals surface area contributed by atoms with Crippen molar-refractivity contribution in [1.82, 2.24) is 0 Å². The molecule has 0 spiro atoms. The van der Waals surface area contributed by atoms with Gasteiger partial charge in [0.15, 0.2) is 5.78 Å². The highest BCUT2D eigenvalue weighted by molar-refractivity contribution is 5.88. The standard InChI is InChI=1S/C21H32O5/c1-14-7-6-11-21(4)18(26-21)13-16(15(2)19(23)25-5)10-12-20(3,24)17(22)9-8-14/h7,16,18,24H,2,6,8-13H2,1,3-5H3/b14-7+/t16-,18+,20-,21-/m0/s1. The maximum absolute atomic E-state index is 12.4. The van der Waals surface area contributed by atoms with Crippen LogP contribution in [0.15, 0.2) is 23.8 Å². The Morgan fingerprint density at radius 2 is 2.04 bits per heavy atom. The van der Waals surface area contributed by atoms with Crippen molar-refractivity contribution >= 4 is 11.8 Å². The molecule has 0 aromatic heterocycles. The fourth-order valence-electron chi connectivity index (χ4n) is 3.68. The lowest BCUT2D eigenvalue weighted by Crippen LogP contribution is -2.36. The molecule has 1 heterocycles. The number of esters is 1. The van der Waals surface area contributed by atoms with E-state index in [1.165, 1.54) is 12.7 Å². The maximum atomic E-state index is 12.4. The summed E-state index contributed by atoms with van der Waals surface area (Å²) in [5.74, 6) is -0.769. The van der Waals surface area contributed by atoms with E-state index in [4.69, 9.17) is 9.47 Å². The van der Waals surface area contributed by atoms with Gasteiger partial charge in [-0.3, -0.25) is 4.79 Å². The molecule has 0 amide bonds. The van der Waals surface area contributed by atoms with Crippen LogP contribution in [0.1, 0.15) is 65.7 Å². The highest BCUT2D eigenvalue weighted by atomic mass is 16.6. The van der Waals surface area contributed by atoms with Crippen molar-refractivity contribution in [2.45, 2.75) is 83.0 Å². The third-order valence-electron chi connectivity index (χ3n) is 5.93. The highest BCUT2D eigenvalue weighted by Crippen LogP contribution is 2.46. The number of epoxide rings is 1. The average molecular weight is 364 g/mol. The van der Waals surface area contributed by atoms with Gasteiger partial charge < -0.3 is 14.6 Å². The van der Waals surface area contributed by atoms with E-state index in [9.17, 15) is 14.7 Å². The van der Waals surface area contributed by atoms with Crippen LogP contribution in [0.5, 0.6) is 0 Å². The zero-order valence-electron chi connectivity index (χ0n) is 16.5. The molecule has 1 saturated heterocycles. The lowest BCUT2D eigenvalue weighted by atomic mass is 9.82. The normalized spacial score (nSPS) is 38.3. The Bertz CT molecular complexity index is 604. The monoisotopic (exact) mass is 364 g/mol. The molecular weight excluding hydrogens is 332 g/mol. The first-order chi connectivity index (χ1) is 12.1. The Morgan fingerprint density at radius 1 is 1.35 bits per heavy atom. The topological polar surface area (TPSA) is 76.1 Å². The number of aliphatic hydroxyl groups is 1. The summed E-state index contributed by atoms with van der Waals surface area (Å²) < 4.78 is 10.7. The molecule has 0 aromatic carbocycles. The van der Waals surface area contributed by atoms with Gasteiger partial charge in [0.05, 0.1) is 18.8 Å². The Morgan fingerprint density at radius 3 is 2.69 bits per heavy atom. The van der Waals surface area contributed by atoms with Gasteiger partial charge >= 0.3 is 5.97 Å². The first kappa shape index (κ1) is 20.8. The van der Waals surface area contributed by atoms with Crippen LogP contribution in [0.4, 0.5) is 0 Å². The second-order valence-corrected chi connectivity index (χ2v) is 8.19. The van der Waals surface area contributed by atoms with Gasteiger partial charge in [0.2, 0.25) is 0 Å². The molecule has 5 nitrogen and oxygen atoms in total. The van der Waals surface area contributed by atoms with E-state index < -0.39 is 11.6 Å². The number of rotatable bonds is 2. The Balaban J connectivity index is 2.19. The van der Waals surface area contributed by atoms with E-state index in [1.807, 2.05) is 6.92 Å². The predicted octanol–water partition coefficient (Wildman–Crippen LogP) is 3.50. The van der Waals surface area contributed by atoms with Crippen LogP contribution in [0.2, 0.25) is 0 Å². The number of carbonyl (C=O) groups excluding carboxylic acids is 2. The first-order valence-electron chi connectivity index (χ1n) is 9.45. The van der Waals surface area contributed by atoms with Crippen LogP contribution >= 0.6 is 0 Å². The van der Waals surface area contributed by atoms with Gasteiger partial charge in [-0.1, -0.05) is 18.2 Å². The fraction of sp³-hybridized carbons (Fsp3) is 0.714. The summed E-state index contributed by atoms with van der Waals surface area (Å²) >= 11 is 0. The van der Waals surface area contributed by atoms with E-state index >= 15 is 0 Å². The molecule has 0 saturated carbocycles. The van der Waals surface area contributed by atoms with Crippen molar-refractivity contribution in [3.05, 3.63) is 23.8 Å². The zero-order valence-corrected chi connectivity index (χ0v) is 16.5. The number of hydrogen-bond donors (Lipinski definition) is 1. The minimum atomic E-state index is -1.40. The second-order valence-electron chi connectivity index (χ2n) is 8.19. The smallest absolute Gasteiger partial charge is 0.333 e. The lowest BCUT2D eigenvalue weighted by Gasteiger charge is -2.26. The third kappa shape index (κ3) is 5.04. The molecule has 1 N–H and O–H groups in total. The van der Waals surface area contributed by atoms with Gasteiger partial charge in [-0.15, -0.1) is 0 Å². The van der Waals surface area contributed by atoms with Crippen LogP contribution in [0.25, 0.3) is 0 Å². The molecule has 1 fully saturated rings. The van der Waals surface area contributed by atoms with E-state index in [0.717, 1.165) is 12.8 Å². The summed E-state index contributed by atoms with van der Waals surface area (Å²) in [5, 5.41) is 10.6. The third-order valence-corrected chi connectivity index (χ3v) is 5.93. The van der Waals surface area contributed by atoms with Crippen LogP contribution in [-0.2, 0) is 19.1 Å². The number of fused-ring (bicyclic) bond motifs is 1. The van der Waals surface area contributed by atoms with Gasteiger partial charge in [-0.05, 0) is 65.2 Å². The van der Waals surface area contributed by atoms with Crippen molar-refractivity contribution in [3.8, 4) is 0 Å². The first-order valence-corrected chi connectivity index (χ1v) is 9.45. The maximum Gasteiger partial charge on any atom is 0.333 e. The molecular formula is C21H32O5. The van der Waals surface area contributed by atoms with E-state index in [1.54, 1.807) is 6.92 Å². The molecule has 4 atom stereocenters. The number of ether oxygens (including phenoxy) is 2. The Labute approximate surface area is 156 Å². The summed E-state index contributed by atoms with van der Waals surface area (Å²) in [6, 6.07) is 0. The summed E-state index contributed by atoms with van der Waals surface area (Å²) in [6.45, 7) is 9.59. The average Bonchev–Trinajstić information content (AvgIpc) is 3.23. The van der Waals surface area contributed by atoms with Gasteiger partial charge in [0, 0.05) is 12.0 Å². The molecule has 2 aliphatic rings. The molecule has 5 heteroatoms. The molecule has 0 unspecified atom stereocenters. The largest absolute Gasteiger partial charge is 0.466 e. The van der Waals surface area contributed by atoms with Gasteiger partial charge in [-0.2, -0.15) is 0 Å². The van der Waals surface area contributed by atoms with E-state index in [2.05, 4.69) is 19.6 Å². The Hall–Kier alpha value is -1.46. The Kier molecular flexibility index (Phi) is 6.46. The van der Waals surface area contributed by atoms with Gasteiger partial charge in [0.25, 0.3) is 0 Å². The van der Waals surface area contributed by atoms with Crippen molar-refractivity contribution in [2.24, 2.45) is 5.92 Å². The minimum absolute atomic E-state index is 0.0613. The molecule has 26 heavy (non-hydrogen) atoms. The number of carbonyl (C=O) groups is 2. The molecule has 0 bridgehead atoms. The summed E-state index contributed by atoms with van der Waals surface area (Å²) in [4.78, 5) is 24.4. The number of methoxy groups -OCH3 is 1. The fourth-order valence-corrected chi connectivity index (χ4v) is 3.68. The molecule has 146 valence electrons. The molecule has 0 aromatic rings. The lowest BCUT2D eigenvalue weighted by molar-refractivity contribution is -0.137. The van der Waals surface area contributed by atoms with Crippen molar-refractivity contribution < 1.29 is 24.2 Å². The van der Waals surface area contributed by atoms with Crippen LogP contribution in [0.3, 0.4) is 0 Å². The van der Waals surface area contributed by atoms with Crippen LogP contribution < -0.4 is 0 Å². The van der Waals surface area contributed by atoms with Crippen LogP contribution in [-0.4, -0.2) is 41.3 Å². The minimum Gasteiger partial charge on any atom is -0.466 e. The number of ketones is 1. The van der Waals surface area contributed by atoms with E-state index in [-0.39, 0.29) is 23.4 Å². The highest BCUT2D eigenvalue weighted by Gasteiger charge is 2.52. The zero-order chi connectivity index (χ0) is 19.5. The molecule has 1 aliphatic heterocycles. The number of hydrogen-bond acceptors (Lipinski definition) is 5. The second kappa shape index (κ2) is 8.05. The van der Waals surface area contributed by atoms with Crippen LogP contribution in [0, 0.1) is 5.92 Å². The van der Waals surface area contributed by atoms with Crippen molar-refractivity contribution in [1.29, 1.82) is 0 Å². The number of Topliss-reactive ketones (excluding diaryl/α,β-unsaturated/α-hetero) is 1. The van der Waals surface area contributed by atoms with Crippen molar-refractivity contribution in [2.75, 3.05) is 7.11 Å². The summed E-state index contributed by atoms with van der Waals surface area (Å²) in [6.07, 6.45) is 6.45. The predicted molar refractivity (Wildman–Crippen MR) is 99.6 cm³/mol. The summed E-state index contributed by atoms with van der Waals surface area (Å²) in [5.41, 5.74) is -0.0129. The SMILES string of the molecule is C=C(C(=O)OC)[C@H]1CC[C@](C)(O)C(=O)CC/C(C)=C/CC[C@]2(C)O[C@@H]2C1. The quantitative estimate of drug-likeness (QED) is 0.351. The van der Waals surface area contributed by atoms with Crippen molar-refractivity contribution in [3.63, 3.8) is 0 Å².